The molecule has 124 valence electrons. The largest absolute Gasteiger partial charge is 0.377 e. The zero-order valence-electron chi connectivity index (χ0n) is 13.2. The molecule has 0 spiro atoms. The number of primary amides is 1. The number of likely N-dealkylation sites (tertiary alicyclic amines) is 1. The number of pyridine rings is 1. The number of carbonyl (C=O) groups excluding carboxylic acids is 2. The Balaban J connectivity index is 1.51. The Labute approximate surface area is 136 Å². The second kappa shape index (κ2) is 7.08. The third kappa shape index (κ3) is 3.69. The topological polar surface area (TPSA) is 85.5 Å². The fourth-order valence-electron chi connectivity index (χ4n) is 3.58. The van der Waals surface area contributed by atoms with E-state index in [0.29, 0.717) is 18.1 Å². The highest BCUT2D eigenvalue weighted by molar-refractivity contribution is 5.94. The van der Waals surface area contributed by atoms with E-state index in [1.807, 2.05) is 4.90 Å². The summed E-state index contributed by atoms with van der Waals surface area (Å²) >= 11 is 0. The Bertz CT molecular complexity index is 555. The number of hydrogen-bond donors (Lipinski definition) is 1. The van der Waals surface area contributed by atoms with Crippen molar-refractivity contribution in [2.24, 2.45) is 17.6 Å². The number of nitrogens with two attached hydrogens (primary N) is 1. The number of ether oxygens (including phenoxy) is 1. The molecule has 0 bridgehead atoms. The predicted octanol–water partition coefficient (Wildman–Crippen LogP) is 1.21. The minimum Gasteiger partial charge on any atom is -0.377 e. The molecule has 6 heteroatoms. The number of aromatic nitrogens is 1. The van der Waals surface area contributed by atoms with Crippen LogP contribution in [-0.2, 0) is 9.53 Å². The number of amides is 2. The number of nitrogens with zero attached hydrogens (tertiary/aromatic N) is 2. The summed E-state index contributed by atoms with van der Waals surface area (Å²) in [4.78, 5) is 29.7. The molecule has 23 heavy (non-hydrogen) atoms. The Morgan fingerprint density at radius 1 is 1.22 bits per heavy atom. The first-order chi connectivity index (χ1) is 11.1. The Morgan fingerprint density at radius 3 is 2.57 bits per heavy atom. The third-order valence-corrected chi connectivity index (χ3v) is 4.97. The molecule has 2 fully saturated rings. The van der Waals surface area contributed by atoms with Crippen molar-refractivity contribution in [1.82, 2.24) is 9.88 Å². The number of rotatable bonds is 4. The molecule has 2 aliphatic rings. The molecule has 0 radical (unpaired) electrons. The molecule has 2 aliphatic heterocycles. The maximum Gasteiger partial charge on any atom is 0.253 e. The molecule has 0 aromatic carbocycles. The molecular formula is C17H23N3O3. The minimum atomic E-state index is -0.252. The van der Waals surface area contributed by atoms with Crippen molar-refractivity contribution in [3.8, 4) is 0 Å². The first kappa shape index (κ1) is 15.9. The van der Waals surface area contributed by atoms with Gasteiger partial charge in [0.25, 0.3) is 5.91 Å². The van der Waals surface area contributed by atoms with Crippen molar-refractivity contribution in [1.29, 1.82) is 0 Å². The Kier molecular flexibility index (Phi) is 4.91. The van der Waals surface area contributed by atoms with Gasteiger partial charge in [-0.2, -0.15) is 0 Å². The number of carbonyl (C=O) groups is 2. The Morgan fingerprint density at radius 2 is 1.91 bits per heavy atom. The molecular weight excluding hydrogens is 294 g/mol. The van der Waals surface area contributed by atoms with Gasteiger partial charge in [-0.25, -0.2) is 0 Å². The van der Waals surface area contributed by atoms with E-state index in [2.05, 4.69) is 4.98 Å². The van der Waals surface area contributed by atoms with Crippen molar-refractivity contribution in [3.05, 3.63) is 30.1 Å². The summed E-state index contributed by atoms with van der Waals surface area (Å²) in [6.07, 6.45) is 6.73. The van der Waals surface area contributed by atoms with Crippen LogP contribution in [0.2, 0.25) is 0 Å². The van der Waals surface area contributed by atoms with Gasteiger partial charge in [-0.05, 0) is 43.7 Å². The summed E-state index contributed by atoms with van der Waals surface area (Å²) in [5.74, 6) is 0.156. The summed E-state index contributed by atoms with van der Waals surface area (Å²) in [6.45, 7) is 2.12. The van der Waals surface area contributed by atoms with Crippen LogP contribution in [0.5, 0.6) is 0 Å². The first-order valence-electron chi connectivity index (χ1n) is 8.25. The highest BCUT2D eigenvalue weighted by Crippen LogP contribution is 2.30. The summed E-state index contributed by atoms with van der Waals surface area (Å²) in [5, 5.41) is 0. The summed E-state index contributed by atoms with van der Waals surface area (Å²) < 4.78 is 5.68. The molecule has 6 nitrogen and oxygen atoms in total. The fraction of sp³-hybridized carbons (Fsp3) is 0.588. The average Bonchev–Trinajstić information content (AvgIpc) is 3.04. The molecule has 1 aromatic rings. The second-order valence-electron chi connectivity index (χ2n) is 6.41. The van der Waals surface area contributed by atoms with Crippen molar-refractivity contribution in [2.45, 2.75) is 31.8 Å². The zero-order chi connectivity index (χ0) is 16.2. The fourth-order valence-corrected chi connectivity index (χ4v) is 3.58. The van der Waals surface area contributed by atoms with Crippen LogP contribution in [-0.4, -0.2) is 47.5 Å². The van der Waals surface area contributed by atoms with Crippen molar-refractivity contribution in [2.75, 3.05) is 19.7 Å². The number of piperidine rings is 1. The molecule has 0 saturated carbocycles. The van der Waals surface area contributed by atoms with Gasteiger partial charge >= 0.3 is 0 Å². The first-order valence-corrected chi connectivity index (χ1v) is 8.25. The van der Waals surface area contributed by atoms with E-state index < -0.39 is 0 Å². The van der Waals surface area contributed by atoms with E-state index in [4.69, 9.17) is 10.5 Å². The highest BCUT2D eigenvalue weighted by Gasteiger charge is 2.35. The summed E-state index contributed by atoms with van der Waals surface area (Å²) in [6, 6.07) is 3.50. The van der Waals surface area contributed by atoms with E-state index in [1.165, 1.54) is 0 Å². The van der Waals surface area contributed by atoms with E-state index in [9.17, 15) is 9.59 Å². The summed E-state index contributed by atoms with van der Waals surface area (Å²) in [5.41, 5.74) is 6.13. The predicted molar refractivity (Wildman–Crippen MR) is 84.5 cm³/mol. The monoisotopic (exact) mass is 317 g/mol. The lowest BCUT2D eigenvalue weighted by molar-refractivity contribution is -0.123. The van der Waals surface area contributed by atoms with Crippen LogP contribution in [0.3, 0.4) is 0 Å². The maximum absolute atomic E-state index is 12.4. The highest BCUT2D eigenvalue weighted by atomic mass is 16.5. The molecule has 2 atom stereocenters. The normalized spacial score (nSPS) is 25.5. The van der Waals surface area contributed by atoms with Gasteiger partial charge in [0.2, 0.25) is 5.91 Å². The smallest absolute Gasteiger partial charge is 0.253 e. The van der Waals surface area contributed by atoms with Crippen LogP contribution in [0.4, 0.5) is 0 Å². The van der Waals surface area contributed by atoms with Crippen molar-refractivity contribution < 1.29 is 14.3 Å². The van der Waals surface area contributed by atoms with Crippen molar-refractivity contribution in [3.63, 3.8) is 0 Å². The quantitative estimate of drug-likeness (QED) is 0.904. The van der Waals surface area contributed by atoms with Crippen LogP contribution < -0.4 is 5.73 Å². The van der Waals surface area contributed by atoms with Gasteiger partial charge in [0.05, 0.1) is 12.0 Å². The lowest BCUT2D eigenvalue weighted by Crippen LogP contribution is -2.40. The van der Waals surface area contributed by atoms with Crippen molar-refractivity contribution >= 4 is 11.8 Å². The van der Waals surface area contributed by atoms with E-state index in [-0.39, 0.29) is 23.8 Å². The van der Waals surface area contributed by atoms with Crippen LogP contribution >= 0.6 is 0 Å². The van der Waals surface area contributed by atoms with Gasteiger partial charge in [-0.15, -0.1) is 0 Å². The molecule has 2 amide bonds. The van der Waals surface area contributed by atoms with Gasteiger partial charge in [-0.3, -0.25) is 14.6 Å². The Hall–Kier alpha value is -1.95. The van der Waals surface area contributed by atoms with E-state index in [0.717, 1.165) is 38.8 Å². The van der Waals surface area contributed by atoms with Gasteiger partial charge in [0, 0.05) is 37.7 Å². The maximum atomic E-state index is 12.4. The molecule has 1 aromatic heterocycles. The second-order valence-corrected chi connectivity index (χ2v) is 6.41. The number of hydrogen-bond acceptors (Lipinski definition) is 4. The molecule has 2 saturated heterocycles. The molecule has 2 N–H and O–H groups in total. The minimum absolute atomic E-state index is 0.0417. The molecule has 0 unspecified atom stereocenters. The lowest BCUT2D eigenvalue weighted by Gasteiger charge is -2.33. The molecule has 3 rings (SSSR count). The molecule has 0 aliphatic carbocycles. The standard InChI is InChI=1S/C17H23N3O3/c18-16(21)14-5-10-23-15(14)11-12-3-8-20(9-4-12)17(22)13-1-6-19-7-2-13/h1-2,6-7,12,14-15H,3-5,8-11H2,(H2,18,21)/t14-,15-/m1/s1. The van der Waals surface area contributed by atoms with Crippen LogP contribution in [0.15, 0.2) is 24.5 Å². The van der Waals surface area contributed by atoms with Crippen LogP contribution in [0.1, 0.15) is 36.0 Å². The zero-order valence-corrected chi connectivity index (χ0v) is 13.2. The van der Waals surface area contributed by atoms with E-state index >= 15 is 0 Å². The van der Waals surface area contributed by atoms with Gasteiger partial charge in [-0.1, -0.05) is 0 Å². The average molecular weight is 317 g/mol. The lowest BCUT2D eigenvalue weighted by atomic mass is 9.86. The van der Waals surface area contributed by atoms with Gasteiger partial charge in [0.15, 0.2) is 0 Å². The summed E-state index contributed by atoms with van der Waals surface area (Å²) in [7, 11) is 0. The van der Waals surface area contributed by atoms with Crippen LogP contribution in [0.25, 0.3) is 0 Å². The van der Waals surface area contributed by atoms with Gasteiger partial charge < -0.3 is 15.4 Å². The SMILES string of the molecule is NC(=O)[C@@H]1CCO[C@@H]1CC1CCN(C(=O)c2ccncc2)CC1. The van der Waals surface area contributed by atoms with Gasteiger partial charge in [0.1, 0.15) is 0 Å². The third-order valence-electron chi connectivity index (χ3n) is 4.97. The van der Waals surface area contributed by atoms with E-state index in [1.54, 1.807) is 24.5 Å². The van der Waals surface area contributed by atoms with Crippen LogP contribution in [0, 0.1) is 11.8 Å². The molecule has 3 heterocycles.